The predicted molar refractivity (Wildman–Crippen MR) is 99.9 cm³/mol. The standard InChI is InChI=1S/C16H12Cl3N3O2/c1-22(2)6-3-4-8-7(5-6)15(23)10-11(17)9(16(20)24)12(18)13(19)14(10)21-8/h3-5H,1-2H3,(H2,20,24)(H,21,23). The third-order valence-electron chi connectivity index (χ3n) is 3.82. The van der Waals surface area contributed by atoms with Crippen LogP contribution in [0.25, 0.3) is 21.8 Å². The Balaban J connectivity index is 2.57. The molecule has 1 amide bonds. The van der Waals surface area contributed by atoms with Crippen LogP contribution in [0.4, 0.5) is 5.69 Å². The number of nitrogens with one attached hydrogen (secondary N) is 1. The monoisotopic (exact) mass is 383 g/mol. The molecule has 0 aliphatic rings. The Kier molecular flexibility index (Phi) is 4.11. The Hall–Kier alpha value is -1.95. The Labute approximate surface area is 151 Å². The lowest BCUT2D eigenvalue weighted by molar-refractivity contribution is 0.100. The smallest absolute Gasteiger partial charge is 0.251 e. The average molecular weight is 385 g/mol. The number of rotatable bonds is 2. The van der Waals surface area contributed by atoms with E-state index in [4.69, 9.17) is 40.5 Å². The molecule has 1 aromatic heterocycles. The fourth-order valence-electron chi connectivity index (χ4n) is 2.58. The molecule has 8 heteroatoms. The largest absolute Gasteiger partial charge is 0.378 e. The van der Waals surface area contributed by atoms with E-state index in [-0.39, 0.29) is 37.0 Å². The van der Waals surface area contributed by atoms with E-state index in [1.807, 2.05) is 25.1 Å². The lowest BCUT2D eigenvalue weighted by atomic mass is 10.1. The number of carbonyl (C=O) groups excluding carboxylic acids is 1. The molecule has 0 aliphatic carbocycles. The summed E-state index contributed by atoms with van der Waals surface area (Å²) in [4.78, 5) is 29.5. The first-order chi connectivity index (χ1) is 11.2. The number of carbonyl (C=O) groups is 1. The molecule has 2 aromatic carbocycles. The van der Waals surface area contributed by atoms with Crippen LogP contribution in [0.15, 0.2) is 23.0 Å². The number of amides is 1. The second-order valence-corrected chi connectivity index (χ2v) is 6.64. The van der Waals surface area contributed by atoms with Crippen LogP contribution in [0.3, 0.4) is 0 Å². The van der Waals surface area contributed by atoms with Crippen molar-refractivity contribution >= 4 is 68.2 Å². The number of halogens is 3. The van der Waals surface area contributed by atoms with Gasteiger partial charge in [0.1, 0.15) is 0 Å². The van der Waals surface area contributed by atoms with Crippen LogP contribution in [0.5, 0.6) is 0 Å². The molecule has 0 bridgehead atoms. The Bertz CT molecular complexity index is 1070. The van der Waals surface area contributed by atoms with Gasteiger partial charge in [-0.15, -0.1) is 0 Å². The average Bonchev–Trinajstić information content (AvgIpc) is 2.51. The second kappa shape index (κ2) is 5.84. The van der Waals surface area contributed by atoms with Crippen LogP contribution in [-0.4, -0.2) is 25.0 Å². The number of primary amides is 1. The Morgan fingerprint density at radius 1 is 1.12 bits per heavy atom. The summed E-state index contributed by atoms with van der Waals surface area (Å²) in [5.41, 5.74) is 6.50. The van der Waals surface area contributed by atoms with Crippen LogP contribution in [0.2, 0.25) is 15.1 Å². The molecule has 3 N–H and O–H groups in total. The number of benzene rings is 2. The SMILES string of the molecule is CN(C)c1ccc2[nH]c3c(Cl)c(Cl)c(C(N)=O)c(Cl)c3c(=O)c2c1. The van der Waals surface area contributed by atoms with Gasteiger partial charge in [0, 0.05) is 30.7 Å². The van der Waals surface area contributed by atoms with Crippen molar-refractivity contribution in [3.63, 3.8) is 0 Å². The highest BCUT2D eigenvalue weighted by Gasteiger charge is 2.23. The zero-order valence-electron chi connectivity index (χ0n) is 12.7. The lowest BCUT2D eigenvalue weighted by Crippen LogP contribution is -2.15. The molecule has 0 radical (unpaired) electrons. The number of pyridine rings is 1. The van der Waals surface area contributed by atoms with Crippen molar-refractivity contribution < 1.29 is 4.79 Å². The summed E-state index contributed by atoms with van der Waals surface area (Å²) >= 11 is 18.6. The normalized spacial score (nSPS) is 11.2. The third-order valence-corrected chi connectivity index (χ3v) is 5.05. The van der Waals surface area contributed by atoms with Crippen molar-refractivity contribution in [2.75, 3.05) is 19.0 Å². The maximum Gasteiger partial charge on any atom is 0.251 e. The molecular formula is C16H12Cl3N3O2. The summed E-state index contributed by atoms with van der Waals surface area (Å²) in [6, 6.07) is 5.36. The van der Waals surface area contributed by atoms with E-state index >= 15 is 0 Å². The topological polar surface area (TPSA) is 79.2 Å². The zero-order valence-corrected chi connectivity index (χ0v) is 15.0. The molecular weight excluding hydrogens is 373 g/mol. The highest BCUT2D eigenvalue weighted by molar-refractivity contribution is 6.50. The van der Waals surface area contributed by atoms with Crippen molar-refractivity contribution in [2.24, 2.45) is 5.73 Å². The maximum absolute atomic E-state index is 12.9. The van der Waals surface area contributed by atoms with Crippen molar-refractivity contribution in [1.29, 1.82) is 0 Å². The minimum Gasteiger partial charge on any atom is -0.378 e. The molecule has 0 aliphatic heterocycles. The van der Waals surface area contributed by atoms with Crippen molar-refractivity contribution in [1.82, 2.24) is 4.98 Å². The van der Waals surface area contributed by atoms with Crippen molar-refractivity contribution in [2.45, 2.75) is 0 Å². The minimum absolute atomic E-state index is 0.0283. The number of H-pyrrole nitrogens is 1. The molecule has 0 saturated carbocycles. The van der Waals surface area contributed by atoms with E-state index < -0.39 is 5.91 Å². The molecule has 0 fully saturated rings. The number of hydrogen-bond donors (Lipinski definition) is 2. The molecule has 3 aromatic rings. The highest BCUT2D eigenvalue weighted by atomic mass is 35.5. The molecule has 24 heavy (non-hydrogen) atoms. The summed E-state index contributed by atoms with van der Waals surface area (Å²) in [7, 11) is 3.73. The van der Waals surface area contributed by atoms with Gasteiger partial charge in [0.15, 0.2) is 5.43 Å². The molecule has 3 rings (SSSR count). The summed E-state index contributed by atoms with van der Waals surface area (Å²) < 4.78 is 0. The molecule has 124 valence electrons. The first-order valence-electron chi connectivity index (χ1n) is 6.87. The van der Waals surface area contributed by atoms with E-state index in [1.54, 1.807) is 12.1 Å². The summed E-state index contributed by atoms with van der Waals surface area (Å²) in [5, 5.41) is 0.347. The maximum atomic E-state index is 12.9. The van der Waals surface area contributed by atoms with E-state index in [2.05, 4.69) is 4.98 Å². The molecule has 0 saturated heterocycles. The highest BCUT2D eigenvalue weighted by Crippen LogP contribution is 2.38. The number of nitrogens with two attached hydrogens (primary N) is 1. The van der Waals surface area contributed by atoms with Gasteiger partial charge in [-0.2, -0.15) is 0 Å². The molecule has 5 nitrogen and oxygen atoms in total. The van der Waals surface area contributed by atoms with Crippen molar-refractivity contribution in [3.8, 4) is 0 Å². The van der Waals surface area contributed by atoms with Gasteiger partial charge >= 0.3 is 0 Å². The quantitative estimate of drug-likeness (QED) is 0.521. The molecule has 0 atom stereocenters. The van der Waals surface area contributed by atoms with E-state index in [0.717, 1.165) is 5.69 Å². The van der Waals surface area contributed by atoms with E-state index in [9.17, 15) is 9.59 Å². The summed E-state index contributed by atoms with van der Waals surface area (Å²) in [5.74, 6) is -0.852. The van der Waals surface area contributed by atoms with Crippen LogP contribution < -0.4 is 16.1 Å². The van der Waals surface area contributed by atoms with Crippen LogP contribution >= 0.6 is 34.8 Å². The van der Waals surface area contributed by atoms with Gasteiger partial charge in [-0.05, 0) is 18.2 Å². The second-order valence-electron chi connectivity index (χ2n) is 5.51. The minimum atomic E-state index is -0.852. The molecule has 0 unspecified atom stereocenters. The number of fused-ring (bicyclic) bond motifs is 2. The predicted octanol–water partition coefficient (Wildman–Crippen LogP) is 3.81. The van der Waals surface area contributed by atoms with Gasteiger partial charge in [0.05, 0.1) is 31.5 Å². The first-order valence-corrected chi connectivity index (χ1v) is 8.00. The number of aromatic nitrogens is 1. The van der Waals surface area contributed by atoms with Crippen molar-refractivity contribution in [3.05, 3.63) is 49.1 Å². The molecule has 0 spiro atoms. The van der Waals surface area contributed by atoms with Gasteiger partial charge in [-0.25, -0.2) is 0 Å². The van der Waals surface area contributed by atoms with Crippen LogP contribution in [-0.2, 0) is 0 Å². The van der Waals surface area contributed by atoms with E-state index in [1.165, 1.54) is 0 Å². The van der Waals surface area contributed by atoms with Gasteiger partial charge in [-0.1, -0.05) is 34.8 Å². The lowest BCUT2D eigenvalue weighted by Gasteiger charge is -2.14. The fraction of sp³-hybridized carbons (Fsp3) is 0.125. The van der Waals surface area contributed by atoms with Gasteiger partial charge in [-0.3, -0.25) is 9.59 Å². The number of nitrogens with zero attached hydrogens (tertiary/aromatic N) is 1. The molecule has 1 heterocycles. The Morgan fingerprint density at radius 3 is 2.38 bits per heavy atom. The van der Waals surface area contributed by atoms with Gasteiger partial charge < -0.3 is 15.6 Å². The summed E-state index contributed by atoms with van der Waals surface area (Å²) in [6.45, 7) is 0. The van der Waals surface area contributed by atoms with Gasteiger partial charge in [0.25, 0.3) is 5.91 Å². The number of aromatic amines is 1. The first kappa shape index (κ1) is 16.9. The number of anilines is 1. The van der Waals surface area contributed by atoms with E-state index in [0.29, 0.717) is 10.9 Å². The van der Waals surface area contributed by atoms with Gasteiger partial charge in [0.2, 0.25) is 0 Å². The van der Waals surface area contributed by atoms with Crippen LogP contribution in [0, 0.1) is 0 Å². The fourth-order valence-corrected chi connectivity index (χ4v) is 3.52. The third kappa shape index (κ3) is 2.40. The Morgan fingerprint density at radius 2 is 1.79 bits per heavy atom. The zero-order chi connectivity index (χ0) is 17.8. The summed E-state index contributed by atoms with van der Waals surface area (Å²) in [6.07, 6.45) is 0. The number of hydrogen-bond acceptors (Lipinski definition) is 3. The van der Waals surface area contributed by atoms with Crippen LogP contribution in [0.1, 0.15) is 10.4 Å².